The first kappa shape index (κ1) is 49.3. The minimum Gasteiger partial charge on any atom is -0.462 e. The highest BCUT2D eigenvalue weighted by Crippen LogP contribution is 2.53. The average molecular weight is 951 g/mol. The van der Waals surface area contributed by atoms with Crippen LogP contribution in [-0.2, 0) is 14.9 Å². The maximum absolute atomic E-state index is 13.1. The minimum atomic E-state index is -0.349. The fourth-order valence-electron chi connectivity index (χ4n) is 10.4. The molecule has 1 unspecified atom stereocenters. The fourth-order valence-corrected chi connectivity index (χ4v) is 10.4. The van der Waals surface area contributed by atoms with Crippen molar-refractivity contribution in [2.45, 2.75) is 91.9 Å². The molecular formula is C66H66N2O4. The van der Waals surface area contributed by atoms with E-state index in [2.05, 4.69) is 171 Å². The Balaban J connectivity index is 1.02. The van der Waals surface area contributed by atoms with Crippen molar-refractivity contribution in [1.82, 2.24) is 0 Å². The van der Waals surface area contributed by atoms with Crippen molar-refractivity contribution in [3.05, 3.63) is 215 Å². The van der Waals surface area contributed by atoms with Crippen LogP contribution in [-0.4, -0.2) is 25.2 Å². The smallest absolute Gasteiger partial charge is 0.338 e. The molecule has 0 amide bonds. The second-order valence-electron chi connectivity index (χ2n) is 19.3. The van der Waals surface area contributed by atoms with Crippen LogP contribution in [0, 0.1) is 13.8 Å². The van der Waals surface area contributed by atoms with Crippen LogP contribution in [0.15, 0.2) is 182 Å². The van der Waals surface area contributed by atoms with Gasteiger partial charge in [0.05, 0.1) is 24.3 Å². The van der Waals surface area contributed by atoms with Crippen LogP contribution in [0.1, 0.15) is 116 Å². The third kappa shape index (κ3) is 10.5. The second kappa shape index (κ2) is 22.2. The van der Waals surface area contributed by atoms with Gasteiger partial charge in [-0.05, 0) is 170 Å². The van der Waals surface area contributed by atoms with Gasteiger partial charge in [-0.15, -0.1) is 0 Å². The zero-order valence-corrected chi connectivity index (χ0v) is 42.7. The molecule has 0 heterocycles. The average Bonchev–Trinajstić information content (AvgIpc) is 3.64. The molecule has 0 saturated carbocycles. The number of fused-ring (bicyclic) bond motifs is 3. The summed E-state index contributed by atoms with van der Waals surface area (Å²) >= 11 is 0. The summed E-state index contributed by atoms with van der Waals surface area (Å²) in [6.07, 6.45) is 8.84. The molecule has 8 aromatic rings. The van der Waals surface area contributed by atoms with Gasteiger partial charge in [-0.2, -0.15) is 0 Å². The number of unbranched alkanes of at least 4 members (excludes halogenated alkanes) is 5. The first-order chi connectivity index (χ1) is 35.1. The third-order valence-electron chi connectivity index (χ3n) is 14.3. The van der Waals surface area contributed by atoms with Crippen molar-refractivity contribution < 1.29 is 19.1 Å². The number of nitrogens with zero attached hydrogens (tertiary/aromatic N) is 2. The van der Waals surface area contributed by atoms with Crippen LogP contribution in [0.25, 0.3) is 33.4 Å². The third-order valence-corrected chi connectivity index (χ3v) is 14.3. The van der Waals surface area contributed by atoms with Crippen molar-refractivity contribution in [3.8, 4) is 33.4 Å². The molecule has 9 rings (SSSR count). The van der Waals surface area contributed by atoms with E-state index in [4.69, 9.17) is 9.47 Å². The summed E-state index contributed by atoms with van der Waals surface area (Å²) in [6.45, 7) is 13.3. The summed E-state index contributed by atoms with van der Waals surface area (Å²) in [5.41, 5.74) is 19.1. The zero-order chi connectivity index (χ0) is 50.2. The number of carbonyl (C=O) groups excluding carboxylic acids is 2. The molecule has 0 N–H and O–H groups in total. The van der Waals surface area contributed by atoms with Crippen LogP contribution in [0.4, 0.5) is 34.1 Å². The zero-order valence-electron chi connectivity index (χ0n) is 42.7. The quantitative estimate of drug-likeness (QED) is 0.0595. The van der Waals surface area contributed by atoms with Gasteiger partial charge < -0.3 is 19.3 Å². The van der Waals surface area contributed by atoms with E-state index in [1.807, 2.05) is 50.2 Å². The molecule has 8 aromatic carbocycles. The highest BCUT2D eigenvalue weighted by molar-refractivity contribution is 5.93. The molecule has 0 fully saturated rings. The maximum atomic E-state index is 13.1. The highest BCUT2D eigenvalue weighted by atomic mass is 16.5. The van der Waals surface area contributed by atoms with E-state index in [1.54, 1.807) is 12.1 Å². The molecule has 1 atom stereocenters. The number of rotatable bonds is 19. The van der Waals surface area contributed by atoms with Crippen molar-refractivity contribution in [2.24, 2.45) is 0 Å². The Hall–Kier alpha value is -7.70. The standard InChI is InChI=1S/C66H66N2O4/c1-7-10-11-12-13-14-41-66(6)62-42-47(5)23-39-60(62)61-40-30-51(45-63(61)66)50-28-37-57(38-29-50)68(59-20-16-18-53(44-59)65(70)72-9-3)56-35-26-49(27-36-56)48-24-33-55(34-25-48)67(54-31-21-46(4)22-32-54)58-19-15-17-52(43-58)64(69)71-8-2/h15-40,42-45H,7-14,41H2,1-6H3. The number of benzene rings is 8. The van der Waals surface area contributed by atoms with Crippen molar-refractivity contribution in [1.29, 1.82) is 0 Å². The number of carbonyl (C=O) groups is 2. The van der Waals surface area contributed by atoms with Crippen molar-refractivity contribution >= 4 is 46.1 Å². The molecule has 72 heavy (non-hydrogen) atoms. The Morgan fingerprint density at radius 3 is 1.31 bits per heavy atom. The summed E-state index contributed by atoms with van der Waals surface area (Å²) in [5.74, 6) is -0.694. The van der Waals surface area contributed by atoms with E-state index in [9.17, 15) is 9.59 Å². The van der Waals surface area contributed by atoms with Gasteiger partial charge in [0, 0.05) is 39.5 Å². The number of hydrogen-bond donors (Lipinski definition) is 0. The SMILES string of the molecule is CCCCCCCCC1(C)c2cc(C)ccc2-c2ccc(-c3ccc(N(c4ccc(-c5ccc(N(c6ccc(C)cc6)c6cccc(C(=O)OCC)c6)cc5)cc4)c4cccc(C(=O)OCC)c4)cc3)cc21. The highest BCUT2D eigenvalue weighted by Gasteiger charge is 2.39. The Bertz CT molecular complexity index is 3160. The fraction of sp³-hybridized carbons (Fsp3) is 0.242. The van der Waals surface area contributed by atoms with Crippen LogP contribution in [0.5, 0.6) is 0 Å². The Kier molecular flexibility index (Phi) is 15.2. The van der Waals surface area contributed by atoms with Crippen LogP contribution in [0.3, 0.4) is 0 Å². The molecule has 6 nitrogen and oxygen atoms in total. The monoisotopic (exact) mass is 951 g/mol. The molecule has 0 aromatic heterocycles. The summed E-state index contributed by atoms with van der Waals surface area (Å²) in [6, 6.07) is 63.6. The van der Waals surface area contributed by atoms with E-state index in [-0.39, 0.29) is 17.4 Å². The molecule has 0 spiro atoms. The summed E-state index contributed by atoms with van der Waals surface area (Å²) in [4.78, 5) is 30.2. The Morgan fingerprint density at radius 2 is 0.819 bits per heavy atom. The predicted octanol–water partition coefficient (Wildman–Crippen LogP) is 18.0. The predicted molar refractivity (Wildman–Crippen MR) is 298 cm³/mol. The lowest BCUT2D eigenvalue weighted by atomic mass is 9.75. The largest absolute Gasteiger partial charge is 0.462 e. The molecule has 0 radical (unpaired) electrons. The first-order valence-electron chi connectivity index (χ1n) is 25.9. The molecule has 1 aliphatic carbocycles. The lowest BCUT2D eigenvalue weighted by Gasteiger charge is -2.28. The molecule has 1 aliphatic rings. The molecule has 0 aliphatic heterocycles. The normalized spacial score (nSPS) is 13.5. The van der Waals surface area contributed by atoms with Crippen LogP contribution in [0.2, 0.25) is 0 Å². The number of hydrogen-bond acceptors (Lipinski definition) is 6. The van der Waals surface area contributed by atoms with Gasteiger partial charge in [0.2, 0.25) is 0 Å². The van der Waals surface area contributed by atoms with Gasteiger partial charge in [0.1, 0.15) is 0 Å². The van der Waals surface area contributed by atoms with Crippen molar-refractivity contribution in [3.63, 3.8) is 0 Å². The topological polar surface area (TPSA) is 59.1 Å². The second-order valence-corrected chi connectivity index (χ2v) is 19.3. The van der Waals surface area contributed by atoms with Crippen LogP contribution >= 0.6 is 0 Å². The Morgan fingerprint density at radius 1 is 0.417 bits per heavy atom. The number of aryl methyl sites for hydroxylation is 2. The van der Waals surface area contributed by atoms with Gasteiger partial charge in [-0.25, -0.2) is 9.59 Å². The number of anilines is 6. The Labute approximate surface area is 426 Å². The number of esters is 2. The molecule has 364 valence electrons. The van der Waals surface area contributed by atoms with Crippen molar-refractivity contribution in [2.75, 3.05) is 23.0 Å². The minimum absolute atomic E-state index is 0.0483. The van der Waals surface area contributed by atoms with E-state index in [0.717, 1.165) is 62.8 Å². The molecular weight excluding hydrogens is 885 g/mol. The summed E-state index contributed by atoms with van der Waals surface area (Å²) in [7, 11) is 0. The van der Waals surface area contributed by atoms with Gasteiger partial charge in [0.15, 0.2) is 0 Å². The first-order valence-corrected chi connectivity index (χ1v) is 25.9. The maximum Gasteiger partial charge on any atom is 0.338 e. The van der Waals surface area contributed by atoms with E-state index in [0.29, 0.717) is 24.3 Å². The van der Waals surface area contributed by atoms with E-state index in [1.165, 1.54) is 71.9 Å². The number of ether oxygens (including phenoxy) is 2. The lowest BCUT2D eigenvalue weighted by molar-refractivity contribution is 0.0517. The van der Waals surface area contributed by atoms with Gasteiger partial charge >= 0.3 is 11.9 Å². The van der Waals surface area contributed by atoms with Gasteiger partial charge in [0.25, 0.3) is 0 Å². The summed E-state index contributed by atoms with van der Waals surface area (Å²) in [5, 5.41) is 0. The molecule has 0 saturated heterocycles. The van der Waals surface area contributed by atoms with Gasteiger partial charge in [-0.1, -0.05) is 154 Å². The van der Waals surface area contributed by atoms with E-state index >= 15 is 0 Å². The lowest BCUT2D eigenvalue weighted by Crippen LogP contribution is -2.21. The molecule has 0 bridgehead atoms. The summed E-state index contributed by atoms with van der Waals surface area (Å²) < 4.78 is 10.8. The van der Waals surface area contributed by atoms with Crippen LogP contribution < -0.4 is 9.80 Å². The molecule has 6 heteroatoms. The van der Waals surface area contributed by atoms with E-state index < -0.39 is 0 Å². The van der Waals surface area contributed by atoms with Gasteiger partial charge in [-0.3, -0.25) is 0 Å².